The van der Waals surface area contributed by atoms with E-state index in [4.69, 9.17) is 10.6 Å². The van der Waals surface area contributed by atoms with Gasteiger partial charge >= 0.3 is 0 Å². The zero-order chi connectivity index (χ0) is 15.5. The Hall–Kier alpha value is -1.49. The van der Waals surface area contributed by atoms with Crippen LogP contribution in [0, 0.1) is 6.92 Å². The standard InChI is InChI=1S/C17H25N3O/c1-5-17(6-2,21-4)16(20-18)14-9-10-15-13(11-14)8-7-12(3)19-15/h7-11,16,20H,5-6,18H2,1-4H3. The first kappa shape index (κ1) is 15.9. The summed E-state index contributed by atoms with van der Waals surface area (Å²) in [6.07, 6.45) is 1.78. The number of nitrogens with two attached hydrogens (primary N) is 1. The average molecular weight is 287 g/mol. The molecule has 2 rings (SSSR count). The lowest BCUT2D eigenvalue weighted by atomic mass is 9.84. The molecule has 0 saturated carbocycles. The number of pyridine rings is 1. The number of hydrazine groups is 1. The van der Waals surface area contributed by atoms with E-state index in [1.807, 2.05) is 19.1 Å². The molecule has 3 N–H and O–H groups in total. The second kappa shape index (κ2) is 6.52. The second-order valence-corrected chi connectivity index (χ2v) is 5.48. The first-order valence-electron chi connectivity index (χ1n) is 7.48. The summed E-state index contributed by atoms with van der Waals surface area (Å²) in [5.74, 6) is 5.84. The van der Waals surface area contributed by atoms with Gasteiger partial charge in [0.2, 0.25) is 0 Å². The van der Waals surface area contributed by atoms with Crippen molar-refractivity contribution in [1.29, 1.82) is 0 Å². The molecule has 4 nitrogen and oxygen atoms in total. The maximum Gasteiger partial charge on any atom is 0.0880 e. The maximum absolute atomic E-state index is 5.84. The molecule has 114 valence electrons. The molecule has 0 spiro atoms. The predicted molar refractivity (Wildman–Crippen MR) is 86.9 cm³/mol. The normalized spacial score (nSPS) is 13.6. The fourth-order valence-corrected chi connectivity index (χ4v) is 3.04. The molecule has 21 heavy (non-hydrogen) atoms. The molecule has 0 amide bonds. The van der Waals surface area contributed by atoms with E-state index in [1.54, 1.807) is 7.11 Å². The molecule has 1 atom stereocenters. The molecule has 0 fully saturated rings. The number of methoxy groups -OCH3 is 1. The Kier molecular flexibility index (Phi) is 4.93. The van der Waals surface area contributed by atoms with E-state index < -0.39 is 0 Å². The van der Waals surface area contributed by atoms with Crippen LogP contribution in [-0.4, -0.2) is 17.7 Å². The molecule has 0 saturated heterocycles. The number of nitrogens with zero attached hydrogens (tertiary/aromatic N) is 1. The highest BCUT2D eigenvalue weighted by atomic mass is 16.5. The average Bonchev–Trinajstić information content (AvgIpc) is 2.52. The molecule has 1 aromatic carbocycles. The van der Waals surface area contributed by atoms with Crippen LogP contribution in [0.5, 0.6) is 0 Å². The number of benzene rings is 1. The summed E-state index contributed by atoms with van der Waals surface area (Å²) in [7, 11) is 1.75. The minimum atomic E-state index is -0.305. The van der Waals surface area contributed by atoms with Crippen LogP contribution in [0.15, 0.2) is 30.3 Å². The quantitative estimate of drug-likeness (QED) is 0.632. The van der Waals surface area contributed by atoms with E-state index in [2.05, 4.69) is 42.5 Å². The topological polar surface area (TPSA) is 60.2 Å². The second-order valence-electron chi connectivity index (χ2n) is 5.48. The summed E-state index contributed by atoms with van der Waals surface area (Å²) >= 11 is 0. The van der Waals surface area contributed by atoms with Gasteiger partial charge in [0.05, 0.1) is 17.2 Å². The number of nitrogens with one attached hydrogen (secondary N) is 1. The van der Waals surface area contributed by atoms with Gasteiger partial charge in [-0.05, 0) is 43.5 Å². The van der Waals surface area contributed by atoms with E-state index in [1.165, 1.54) is 0 Å². The first-order chi connectivity index (χ1) is 10.1. The Balaban J connectivity index is 2.49. The van der Waals surface area contributed by atoms with Crippen LogP contribution >= 0.6 is 0 Å². The Morgan fingerprint density at radius 1 is 1.24 bits per heavy atom. The van der Waals surface area contributed by atoms with Gasteiger partial charge in [0.25, 0.3) is 0 Å². The van der Waals surface area contributed by atoms with Crippen molar-refractivity contribution in [3.05, 3.63) is 41.6 Å². The summed E-state index contributed by atoms with van der Waals surface area (Å²) in [6, 6.07) is 10.3. The monoisotopic (exact) mass is 287 g/mol. The molecule has 1 unspecified atom stereocenters. The van der Waals surface area contributed by atoms with Crippen molar-refractivity contribution in [3.8, 4) is 0 Å². The van der Waals surface area contributed by atoms with Gasteiger partial charge in [0, 0.05) is 18.2 Å². The SMILES string of the molecule is CCC(CC)(OC)C(NN)c1ccc2nc(C)ccc2c1. The third-order valence-electron chi connectivity index (χ3n) is 4.48. The minimum absolute atomic E-state index is 0.0526. The lowest BCUT2D eigenvalue weighted by Gasteiger charge is -2.38. The van der Waals surface area contributed by atoms with Crippen LogP contribution in [0.4, 0.5) is 0 Å². The molecular weight excluding hydrogens is 262 g/mol. The van der Waals surface area contributed by atoms with E-state index in [0.717, 1.165) is 35.0 Å². The van der Waals surface area contributed by atoms with Crippen LogP contribution in [0.3, 0.4) is 0 Å². The van der Waals surface area contributed by atoms with Gasteiger partial charge < -0.3 is 4.74 Å². The predicted octanol–water partition coefficient (Wildman–Crippen LogP) is 3.25. The van der Waals surface area contributed by atoms with Crippen LogP contribution in [-0.2, 0) is 4.74 Å². The summed E-state index contributed by atoms with van der Waals surface area (Å²) in [5, 5.41) is 1.12. The number of hydrogen-bond acceptors (Lipinski definition) is 4. The zero-order valence-electron chi connectivity index (χ0n) is 13.3. The van der Waals surface area contributed by atoms with E-state index in [9.17, 15) is 0 Å². The van der Waals surface area contributed by atoms with E-state index in [0.29, 0.717) is 0 Å². The van der Waals surface area contributed by atoms with E-state index in [-0.39, 0.29) is 11.6 Å². The lowest BCUT2D eigenvalue weighted by Crippen LogP contribution is -2.47. The van der Waals surface area contributed by atoms with Crippen molar-refractivity contribution in [2.75, 3.05) is 7.11 Å². The summed E-state index contributed by atoms with van der Waals surface area (Å²) in [6.45, 7) is 6.26. The highest BCUT2D eigenvalue weighted by Crippen LogP contribution is 2.35. The summed E-state index contributed by atoms with van der Waals surface area (Å²) < 4.78 is 5.82. The highest BCUT2D eigenvalue weighted by Gasteiger charge is 2.36. The largest absolute Gasteiger partial charge is 0.376 e. The Morgan fingerprint density at radius 3 is 2.52 bits per heavy atom. The first-order valence-corrected chi connectivity index (χ1v) is 7.48. The summed E-state index contributed by atoms with van der Waals surface area (Å²) in [5.41, 5.74) is 5.79. The molecule has 1 heterocycles. The zero-order valence-corrected chi connectivity index (χ0v) is 13.3. The van der Waals surface area contributed by atoms with E-state index >= 15 is 0 Å². The smallest absolute Gasteiger partial charge is 0.0880 e. The number of aryl methyl sites for hydroxylation is 1. The van der Waals surface area contributed by atoms with Crippen LogP contribution in [0.25, 0.3) is 10.9 Å². The number of aromatic nitrogens is 1. The fraction of sp³-hybridized carbons (Fsp3) is 0.471. The number of hydrogen-bond donors (Lipinski definition) is 2. The maximum atomic E-state index is 5.84. The third-order valence-corrected chi connectivity index (χ3v) is 4.48. The van der Waals surface area contributed by atoms with Crippen LogP contribution < -0.4 is 11.3 Å². The Labute approximate surface area is 126 Å². The fourth-order valence-electron chi connectivity index (χ4n) is 3.04. The molecule has 0 bridgehead atoms. The number of fused-ring (bicyclic) bond motifs is 1. The molecule has 1 aromatic heterocycles. The van der Waals surface area contributed by atoms with Gasteiger partial charge in [0.15, 0.2) is 0 Å². The van der Waals surface area contributed by atoms with Gasteiger partial charge in [-0.2, -0.15) is 0 Å². The van der Waals surface area contributed by atoms with Gasteiger partial charge in [-0.3, -0.25) is 16.3 Å². The van der Waals surface area contributed by atoms with Gasteiger partial charge in [0.1, 0.15) is 0 Å². The van der Waals surface area contributed by atoms with Crippen molar-refractivity contribution in [1.82, 2.24) is 10.4 Å². The third kappa shape index (κ3) is 2.93. The molecule has 0 aliphatic rings. The lowest BCUT2D eigenvalue weighted by molar-refractivity contribution is -0.0486. The van der Waals surface area contributed by atoms with Crippen molar-refractivity contribution in [3.63, 3.8) is 0 Å². The molecule has 0 aliphatic carbocycles. The number of ether oxygens (including phenoxy) is 1. The molecule has 4 heteroatoms. The Bertz CT molecular complexity index is 600. The van der Waals surface area contributed by atoms with Gasteiger partial charge in [-0.25, -0.2) is 0 Å². The van der Waals surface area contributed by atoms with Gasteiger partial charge in [-0.15, -0.1) is 0 Å². The highest BCUT2D eigenvalue weighted by molar-refractivity contribution is 5.79. The number of rotatable bonds is 6. The van der Waals surface area contributed by atoms with Crippen molar-refractivity contribution in [2.45, 2.75) is 45.3 Å². The minimum Gasteiger partial charge on any atom is -0.376 e. The van der Waals surface area contributed by atoms with Crippen molar-refractivity contribution < 1.29 is 4.74 Å². The molecule has 2 aromatic rings. The van der Waals surface area contributed by atoms with Crippen LogP contribution in [0.1, 0.15) is 44.0 Å². The summed E-state index contributed by atoms with van der Waals surface area (Å²) in [4.78, 5) is 4.54. The van der Waals surface area contributed by atoms with Crippen LogP contribution in [0.2, 0.25) is 0 Å². The molecule has 0 aliphatic heterocycles. The molecule has 0 radical (unpaired) electrons. The van der Waals surface area contributed by atoms with Crippen molar-refractivity contribution >= 4 is 10.9 Å². The van der Waals surface area contributed by atoms with Gasteiger partial charge in [-0.1, -0.05) is 26.0 Å². The Morgan fingerprint density at radius 2 is 1.95 bits per heavy atom. The van der Waals surface area contributed by atoms with Crippen molar-refractivity contribution in [2.24, 2.45) is 5.84 Å². The molecular formula is C17H25N3O.